The number of nitrogens with one attached hydrogen (secondary N) is 1. The maximum Gasteiger partial charge on any atom is 0.274 e. The van der Waals surface area contributed by atoms with Crippen molar-refractivity contribution in [1.82, 2.24) is 9.55 Å². The van der Waals surface area contributed by atoms with E-state index >= 15 is 0 Å². The molecule has 138 valence electrons. The van der Waals surface area contributed by atoms with Crippen molar-refractivity contribution in [1.29, 1.82) is 0 Å². The molecule has 0 bridgehead atoms. The van der Waals surface area contributed by atoms with Gasteiger partial charge >= 0.3 is 0 Å². The third kappa shape index (κ3) is 3.84. The minimum atomic E-state index is -0.493. The molecule has 0 aliphatic carbocycles. The average molecular weight is 366 g/mol. The van der Waals surface area contributed by atoms with Gasteiger partial charge in [-0.3, -0.25) is 24.3 Å². The molecule has 1 N–H and O–H groups in total. The Hall–Kier alpha value is -3.55. The lowest BCUT2D eigenvalue weighted by atomic mass is 10.1. The van der Waals surface area contributed by atoms with Crippen molar-refractivity contribution in [3.8, 4) is 0 Å². The molecule has 3 rings (SSSR count). The molecule has 0 aliphatic heterocycles. The summed E-state index contributed by atoms with van der Waals surface area (Å²) in [4.78, 5) is 39.5. The van der Waals surface area contributed by atoms with Crippen LogP contribution in [0.4, 0.5) is 11.4 Å². The first-order chi connectivity index (χ1) is 12.9. The number of anilines is 1. The summed E-state index contributed by atoms with van der Waals surface area (Å²) in [6, 6.07) is 9.88. The van der Waals surface area contributed by atoms with E-state index in [4.69, 9.17) is 0 Å². The fourth-order valence-electron chi connectivity index (χ4n) is 2.83. The lowest BCUT2D eigenvalue weighted by Gasteiger charge is -2.09. The number of amides is 1. The number of para-hydroxylation sites is 1. The molecule has 0 spiro atoms. The molecule has 0 saturated heterocycles. The van der Waals surface area contributed by atoms with Gasteiger partial charge in [0.15, 0.2) is 0 Å². The van der Waals surface area contributed by atoms with E-state index in [9.17, 15) is 19.7 Å². The Morgan fingerprint density at radius 1 is 1.22 bits per heavy atom. The molecule has 8 heteroatoms. The van der Waals surface area contributed by atoms with Crippen LogP contribution in [0.5, 0.6) is 0 Å². The normalized spacial score (nSPS) is 10.7. The molecule has 8 nitrogen and oxygen atoms in total. The first kappa shape index (κ1) is 18.2. The lowest BCUT2D eigenvalue weighted by molar-refractivity contribution is -0.385. The number of aryl methyl sites for hydroxylation is 3. The summed E-state index contributed by atoms with van der Waals surface area (Å²) in [5.41, 5.74) is 2.16. The predicted molar refractivity (Wildman–Crippen MR) is 102 cm³/mol. The molecule has 0 saturated carbocycles. The highest BCUT2D eigenvalue weighted by atomic mass is 16.6. The van der Waals surface area contributed by atoms with Crippen LogP contribution in [0, 0.1) is 24.0 Å². The SMILES string of the molecule is Cc1ccc(NC(=O)CCn2cnc3c(C)cccc3c2=O)cc1[N+](=O)[O-]. The highest BCUT2D eigenvalue weighted by Gasteiger charge is 2.13. The van der Waals surface area contributed by atoms with Crippen molar-refractivity contribution < 1.29 is 9.72 Å². The van der Waals surface area contributed by atoms with Gasteiger partial charge in [0, 0.05) is 30.3 Å². The van der Waals surface area contributed by atoms with Crippen LogP contribution in [0.1, 0.15) is 17.5 Å². The molecule has 0 aliphatic rings. The van der Waals surface area contributed by atoms with E-state index in [2.05, 4.69) is 10.3 Å². The van der Waals surface area contributed by atoms with Gasteiger partial charge in [-0.15, -0.1) is 0 Å². The van der Waals surface area contributed by atoms with E-state index in [0.717, 1.165) is 5.56 Å². The zero-order chi connectivity index (χ0) is 19.6. The van der Waals surface area contributed by atoms with Crippen LogP contribution < -0.4 is 10.9 Å². The first-order valence-electron chi connectivity index (χ1n) is 8.36. The van der Waals surface area contributed by atoms with Crippen molar-refractivity contribution in [3.05, 3.63) is 74.3 Å². The first-order valence-corrected chi connectivity index (χ1v) is 8.36. The molecule has 1 heterocycles. The van der Waals surface area contributed by atoms with Crippen molar-refractivity contribution in [3.63, 3.8) is 0 Å². The van der Waals surface area contributed by atoms with Gasteiger partial charge in [0.05, 0.1) is 22.2 Å². The van der Waals surface area contributed by atoms with Gasteiger partial charge < -0.3 is 5.32 Å². The maximum atomic E-state index is 12.5. The van der Waals surface area contributed by atoms with Crippen molar-refractivity contribution in [2.45, 2.75) is 26.8 Å². The fourth-order valence-corrected chi connectivity index (χ4v) is 2.83. The maximum absolute atomic E-state index is 12.5. The molecule has 2 aromatic carbocycles. The van der Waals surface area contributed by atoms with E-state index in [1.54, 1.807) is 31.2 Å². The standard InChI is InChI=1S/C19H18N4O4/c1-12-6-7-14(10-16(12)23(26)27)21-17(24)8-9-22-11-20-18-13(2)4-3-5-15(18)19(22)25/h3-7,10-11H,8-9H2,1-2H3,(H,21,24). The summed E-state index contributed by atoms with van der Waals surface area (Å²) in [6.07, 6.45) is 1.47. The van der Waals surface area contributed by atoms with Gasteiger partial charge in [0.2, 0.25) is 5.91 Å². The molecule has 0 unspecified atom stereocenters. The summed E-state index contributed by atoms with van der Waals surface area (Å²) < 4.78 is 1.39. The zero-order valence-electron chi connectivity index (χ0n) is 14.9. The summed E-state index contributed by atoms with van der Waals surface area (Å²) in [6.45, 7) is 3.67. The van der Waals surface area contributed by atoms with Crippen LogP contribution in [0.3, 0.4) is 0 Å². The summed E-state index contributed by atoms with van der Waals surface area (Å²) in [7, 11) is 0. The molecule has 3 aromatic rings. The van der Waals surface area contributed by atoms with Gasteiger partial charge in [-0.05, 0) is 31.5 Å². The minimum absolute atomic E-state index is 0.0422. The molecular formula is C19H18N4O4. The van der Waals surface area contributed by atoms with Gasteiger partial charge in [0.25, 0.3) is 11.2 Å². The molecule has 27 heavy (non-hydrogen) atoms. The second-order valence-corrected chi connectivity index (χ2v) is 6.27. The number of rotatable bonds is 5. The second kappa shape index (κ2) is 7.36. The Bertz CT molecular complexity index is 1100. The number of hydrogen-bond acceptors (Lipinski definition) is 5. The number of nitrogens with zero attached hydrogens (tertiary/aromatic N) is 3. The Labute approximate surface area is 154 Å². The summed E-state index contributed by atoms with van der Waals surface area (Å²) in [5.74, 6) is -0.343. The summed E-state index contributed by atoms with van der Waals surface area (Å²) >= 11 is 0. The van der Waals surface area contributed by atoms with Crippen LogP contribution in [-0.4, -0.2) is 20.4 Å². The molecule has 1 amide bonds. The topological polar surface area (TPSA) is 107 Å². The lowest BCUT2D eigenvalue weighted by Crippen LogP contribution is -2.23. The number of hydrogen-bond donors (Lipinski definition) is 1. The number of nitro benzene ring substituents is 1. The predicted octanol–water partition coefficient (Wildman–Crippen LogP) is 2.95. The average Bonchev–Trinajstić information content (AvgIpc) is 2.63. The number of fused-ring (bicyclic) bond motifs is 1. The number of aromatic nitrogens is 2. The van der Waals surface area contributed by atoms with Gasteiger partial charge in [0.1, 0.15) is 0 Å². The van der Waals surface area contributed by atoms with Gasteiger partial charge in [-0.25, -0.2) is 4.98 Å². The van der Waals surface area contributed by atoms with Crippen LogP contribution in [0.25, 0.3) is 10.9 Å². The monoisotopic (exact) mass is 366 g/mol. The zero-order valence-corrected chi connectivity index (χ0v) is 14.9. The Morgan fingerprint density at radius 3 is 2.74 bits per heavy atom. The van der Waals surface area contributed by atoms with E-state index < -0.39 is 4.92 Å². The third-order valence-corrected chi connectivity index (χ3v) is 4.32. The molecule has 0 atom stereocenters. The Balaban J connectivity index is 1.72. The van der Waals surface area contributed by atoms with E-state index in [-0.39, 0.29) is 30.1 Å². The van der Waals surface area contributed by atoms with Crippen LogP contribution in [0.15, 0.2) is 47.5 Å². The molecule has 1 aromatic heterocycles. The molecular weight excluding hydrogens is 348 g/mol. The van der Waals surface area contributed by atoms with Crippen LogP contribution in [0.2, 0.25) is 0 Å². The Morgan fingerprint density at radius 2 is 2.00 bits per heavy atom. The summed E-state index contributed by atoms with van der Waals surface area (Å²) in [5, 5.41) is 14.1. The Kier molecular flexibility index (Phi) is 4.98. The van der Waals surface area contributed by atoms with Crippen molar-refractivity contribution >= 4 is 28.2 Å². The van der Waals surface area contributed by atoms with E-state index in [1.807, 2.05) is 13.0 Å². The third-order valence-electron chi connectivity index (χ3n) is 4.32. The van der Waals surface area contributed by atoms with Crippen LogP contribution in [-0.2, 0) is 11.3 Å². The largest absolute Gasteiger partial charge is 0.326 e. The smallest absolute Gasteiger partial charge is 0.274 e. The van der Waals surface area contributed by atoms with Crippen LogP contribution >= 0.6 is 0 Å². The number of nitro groups is 1. The van der Waals surface area contributed by atoms with Crippen molar-refractivity contribution in [2.24, 2.45) is 0 Å². The quantitative estimate of drug-likeness (QED) is 0.552. The van der Waals surface area contributed by atoms with Gasteiger partial charge in [-0.1, -0.05) is 18.2 Å². The highest BCUT2D eigenvalue weighted by Crippen LogP contribution is 2.22. The second-order valence-electron chi connectivity index (χ2n) is 6.27. The number of benzene rings is 2. The fraction of sp³-hybridized carbons (Fsp3) is 0.211. The number of carbonyl (C=O) groups excluding carboxylic acids is 1. The van der Waals surface area contributed by atoms with Gasteiger partial charge in [-0.2, -0.15) is 0 Å². The highest BCUT2D eigenvalue weighted by molar-refractivity contribution is 5.91. The van der Waals surface area contributed by atoms with Crippen molar-refractivity contribution in [2.75, 3.05) is 5.32 Å². The molecule has 0 radical (unpaired) electrons. The van der Waals surface area contributed by atoms with E-state index in [1.165, 1.54) is 17.0 Å². The minimum Gasteiger partial charge on any atom is -0.326 e. The van der Waals surface area contributed by atoms with E-state index in [0.29, 0.717) is 22.2 Å². The molecule has 0 fully saturated rings. The number of carbonyl (C=O) groups is 1.